The molecule has 0 amide bonds. The van der Waals surface area contributed by atoms with Crippen LogP contribution in [0.25, 0.3) is 0 Å². The lowest BCUT2D eigenvalue weighted by Gasteiger charge is -2.12. The molecule has 1 aliphatic rings. The van der Waals surface area contributed by atoms with Crippen LogP contribution >= 0.6 is 24.0 Å². The van der Waals surface area contributed by atoms with Crippen LogP contribution in [0.5, 0.6) is 17.4 Å². The van der Waals surface area contributed by atoms with Crippen molar-refractivity contribution in [1.82, 2.24) is 15.6 Å². The first-order valence-electron chi connectivity index (χ1n) is 8.77. The fourth-order valence-electron chi connectivity index (χ4n) is 2.52. The Labute approximate surface area is 176 Å². The van der Waals surface area contributed by atoms with E-state index >= 15 is 0 Å². The largest absolute Gasteiger partial charge is 0.478 e. The number of nitrogens with one attached hydrogen (secondary N) is 2. The Hall–Kier alpha value is -2.23. The molecule has 0 fully saturated rings. The zero-order valence-electron chi connectivity index (χ0n) is 15.5. The maximum Gasteiger partial charge on any atom is 0.231 e. The molecule has 0 radical (unpaired) electrons. The quantitative estimate of drug-likeness (QED) is 0.358. The van der Waals surface area contributed by atoms with Gasteiger partial charge >= 0.3 is 0 Å². The van der Waals surface area contributed by atoms with Gasteiger partial charge in [-0.3, -0.25) is 0 Å². The Morgan fingerprint density at radius 3 is 2.78 bits per heavy atom. The highest BCUT2D eigenvalue weighted by Gasteiger charge is 2.13. The summed E-state index contributed by atoms with van der Waals surface area (Å²) in [5.74, 6) is 2.94. The molecule has 0 spiro atoms. The van der Waals surface area contributed by atoms with Crippen molar-refractivity contribution >= 4 is 29.9 Å². The van der Waals surface area contributed by atoms with Crippen molar-refractivity contribution in [2.75, 3.05) is 19.9 Å². The fraction of sp³-hybridized carbons (Fsp3) is 0.368. The molecule has 1 aromatic carbocycles. The summed E-state index contributed by atoms with van der Waals surface area (Å²) in [4.78, 5) is 8.81. The van der Waals surface area contributed by atoms with Gasteiger partial charge < -0.3 is 24.8 Å². The molecule has 0 unspecified atom stereocenters. The number of rotatable bonds is 7. The van der Waals surface area contributed by atoms with Crippen LogP contribution in [0.4, 0.5) is 0 Å². The summed E-state index contributed by atoms with van der Waals surface area (Å²) in [6.07, 6.45) is 1.75. The van der Waals surface area contributed by atoms with Crippen molar-refractivity contribution in [1.29, 1.82) is 0 Å². The third-order valence-electron chi connectivity index (χ3n) is 3.75. The molecule has 1 aromatic heterocycles. The second-order valence-corrected chi connectivity index (χ2v) is 5.67. The van der Waals surface area contributed by atoms with Crippen LogP contribution < -0.4 is 24.8 Å². The molecule has 0 saturated heterocycles. The molecule has 0 bridgehead atoms. The van der Waals surface area contributed by atoms with Crippen molar-refractivity contribution in [2.24, 2.45) is 4.99 Å². The van der Waals surface area contributed by atoms with E-state index in [9.17, 15) is 0 Å². The molecule has 146 valence electrons. The summed E-state index contributed by atoms with van der Waals surface area (Å²) >= 11 is 0. The molecule has 2 heterocycles. The van der Waals surface area contributed by atoms with Gasteiger partial charge in [0.25, 0.3) is 0 Å². The molecular weight excluding hydrogens is 459 g/mol. The van der Waals surface area contributed by atoms with Gasteiger partial charge in [0.2, 0.25) is 12.7 Å². The lowest BCUT2D eigenvalue weighted by atomic mass is 10.2. The van der Waals surface area contributed by atoms with Gasteiger partial charge in [-0.25, -0.2) is 9.98 Å². The van der Waals surface area contributed by atoms with Gasteiger partial charge in [0.15, 0.2) is 17.5 Å². The van der Waals surface area contributed by atoms with E-state index in [2.05, 4.69) is 20.6 Å². The van der Waals surface area contributed by atoms with Crippen LogP contribution in [0.15, 0.2) is 41.5 Å². The van der Waals surface area contributed by atoms with Gasteiger partial charge in [0, 0.05) is 25.4 Å². The standard InChI is InChI=1S/C19H24N4O3.HI/c1-3-20-19(23-12-15-7-8-21-18(10-15)24-4-2)22-11-14-5-6-16-17(9-14)26-13-25-16;/h5-10H,3-4,11-13H2,1-2H3,(H2,20,22,23);1H. The van der Waals surface area contributed by atoms with E-state index in [1.165, 1.54) is 0 Å². The summed E-state index contributed by atoms with van der Waals surface area (Å²) in [6, 6.07) is 9.76. The Morgan fingerprint density at radius 1 is 1.11 bits per heavy atom. The van der Waals surface area contributed by atoms with E-state index in [0.29, 0.717) is 25.6 Å². The number of nitrogens with zero attached hydrogens (tertiary/aromatic N) is 2. The van der Waals surface area contributed by atoms with Crippen LogP contribution in [-0.4, -0.2) is 30.9 Å². The number of aliphatic imine (C=N–C) groups is 1. The van der Waals surface area contributed by atoms with Crippen LogP contribution in [0.2, 0.25) is 0 Å². The number of aromatic nitrogens is 1. The first-order valence-corrected chi connectivity index (χ1v) is 8.77. The van der Waals surface area contributed by atoms with Crippen molar-refractivity contribution in [3.8, 4) is 17.4 Å². The Kier molecular flexibility index (Phi) is 8.43. The van der Waals surface area contributed by atoms with E-state index in [4.69, 9.17) is 14.2 Å². The highest BCUT2D eigenvalue weighted by atomic mass is 127. The Balaban J connectivity index is 0.00000261. The molecular formula is C19H25IN4O3. The molecule has 27 heavy (non-hydrogen) atoms. The van der Waals surface area contributed by atoms with Gasteiger partial charge in [0.05, 0.1) is 13.2 Å². The van der Waals surface area contributed by atoms with E-state index in [1.54, 1.807) is 6.20 Å². The third kappa shape index (κ3) is 6.16. The van der Waals surface area contributed by atoms with E-state index in [0.717, 1.165) is 35.1 Å². The van der Waals surface area contributed by atoms with Gasteiger partial charge in [-0.05, 0) is 43.2 Å². The van der Waals surface area contributed by atoms with Crippen LogP contribution in [-0.2, 0) is 13.1 Å². The number of guanidine groups is 1. The van der Waals surface area contributed by atoms with Gasteiger partial charge in [0.1, 0.15) is 0 Å². The van der Waals surface area contributed by atoms with Gasteiger partial charge in [-0.2, -0.15) is 0 Å². The first-order chi connectivity index (χ1) is 12.8. The Morgan fingerprint density at radius 2 is 1.96 bits per heavy atom. The zero-order valence-corrected chi connectivity index (χ0v) is 17.9. The summed E-state index contributed by atoms with van der Waals surface area (Å²) in [7, 11) is 0. The normalized spacial score (nSPS) is 12.3. The van der Waals surface area contributed by atoms with Crippen molar-refractivity contribution in [3.05, 3.63) is 47.7 Å². The van der Waals surface area contributed by atoms with Crippen LogP contribution in [0.1, 0.15) is 25.0 Å². The molecule has 1 aliphatic heterocycles. The lowest BCUT2D eigenvalue weighted by Crippen LogP contribution is -2.36. The molecule has 0 saturated carbocycles. The topological polar surface area (TPSA) is 77.0 Å². The van der Waals surface area contributed by atoms with Crippen molar-refractivity contribution in [2.45, 2.75) is 26.9 Å². The summed E-state index contributed by atoms with van der Waals surface area (Å²) in [5.41, 5.74) is 2.14. The Bertz CT molecular complexity index is 770. The smallest absolute Gasteiger partial charge is 0.231 e. The average Bonchev–Trinajstić information content (AvgIpc) is 3.12. The number of fused-ring (bicyclic) bond motifs is 1. The zero-order chi connectivity index (χ0) is 18.2. The summed E-state index contributed by atoms with van der Waals surface area (Å²) in [6.45, 7) is 6.83. The third-order valence-corrected chi connectivity index (χ3v) is 3.75. The molecule has 8 heteroatoms. The fourth-order valence-corrected chi connectivity index (χ4v) is 2.52. The van der Waals surface area contributed by atoms with E-state index in [-0.39, 0.29) is 30.8 Å². The summed E-state index contributed by atoms with van der Waals surface area (Å²) in [5, 5.41) is 6.58. The summed E-state index contributed by atoms with van der Waals surface area (Å²) < 4.78 is 16.2. The maximum atomic E-state index is 5.44. The average molecular weight is 484 g/mol. The number of ether oxygens (including phenoxy) is 3. The molecule has 2 aromatic rings. The second-order valence-electron chi connectivity index (χ2n) is 5.67. The van der Waals surface area contributed by atoms with Gasteiger partial charge in [-0.15, -0.1) is 24.0 Å². The van der Waals surface area contributed by atoms with Gasteiger partial charge in [-0.1, -0.05) is 6.07 Å². The van der Waals surface area contributed by atoms with Crippen molar-refractivity contribution in [3.63, 3.8) is 0 Å². The predicted octanol–water partition coefficient (Wildman–Crippen LogP) is 3.08. The minimum Gasteiger partial charge on any atom is -0.478 e. The first kappa shape index (κ1) is 21.1. The predicted molar refractivity (Wildman–Crippen MR) is 115 cm³/mol. The molecule has 0 atom stereocenters. The number of pyridine rings is 1. The monoisotopic (exact) mass is 484 g/mol. The highest BCUT2D eigenvalue weighted by Crippen LogP contribution is 2.32. The molecule has 3 rings (SSSR count). The van der Waals surface area contributed by atoms with Crippen LogP contribution in [0, 0.1) is 0 Å². The minimum atomic E-state index is 0. The van der Waals surface area contributed by atoms with Crippen LogP contribution in [0.3, 0.4) is 0 Å². The molecule has 0 aliphatic carbocycles. The number of hydrogen-bond acceptors (Lipinski definition) is 5. The number of halogens is 1. The minimum absolute atomic E-state index is 0. The second kappa shape index (κ2) is 10.8. The maximum absolute atomic E-state index is 5.44. The SMILES string of the molecule is CCNC(=NCc1ccc2c(c1)OCO2)NCc1ccnc(OCC)c1.I. The lowest BCUT2D eigenvalue weighted by molar-refractivity contribution is 0.174. The van der Waals surface area contributed by atoms with Crippen molar-refractivity contribution < 1.29 is 14.2 Å². The number of hydrogen-bond donors (Lipinski definition) is 2. The highest BCUT2D eigenvalue weighted by molar-refractivity contribution is 14.0. The number of benzene rings is 1. The molecule has 2 N–H and O–H groups in total. The molecule has 7 nitrogen and oxygen atoms in total. The van der Waals surface area contributed by atoms with E-state index in [1.807, 2.05) is 44.2 Å². The van der Waals surface area contributed by atoms with E-state index < -0.39 is 0 Å².